The Morgan fingerprint density at radius 2 is 1.71 bits per heavy atom. The van der Waals surface area contributed by atoms with Gasteiger partial charge in [-0.3, -0.25) is 9.97 Å². The zero-order chi connectivity index (χ0) is 16.7. The van der Waals surface area contributed by atoms with E-state index in [1.54, 1.807) is 24.5 Å². The Kier molecular flexibility index (Phi) is 3.88. The van der Waals surface area contributed by atoms with Gasteiger partial charge in [-0.05, 0) is 36.4 Å². The van der Waals surface area contributed by atoms with E-state index in [9.17, 15) is 0 Å². The number of H-pyrrole nitrogens is 1. The van der Waals surface area contributed by atoms with Crippen LogP contribution in [-0.2, 0) is 0 Å². The van der Waals surface area contributed by atoms with E-state index in [2.05, 4.69) is 19.9 Å². The van der Waals surface area contributed by atoms with Crippen LogP contribution in [0.1, 0.15) is 0 Å². The van der Waals surface area contributed by atoms with Gasteiger partial charge in [0.25, 0.3) is 0 Å². The van der Waals surface area contributed by atoms with Gasteiger partial charge < -0.3 is 4.98 Å². The lowest BCUT2D eigenvalue weighted by atomic mass is 10.2. The number of hydrogen-bond donors (Lipinski definition) is 1. The molecule has 0 aliphatic carbocycles. The van der Waals surface area contributed by atoms with E-state index < -0.39 is 0 Å². The highest BCUT2D eigenvalue weighted by molar-refractivity contribution is 6.36. The Morgan fingerprint density at radius 1 is 0.833 bits per heavy atom. The van der Waals surface area contributed by atoms with Crippen molar-refractivity contribution in [3.63, 3.8) is 0 Å². The van der Waals surface area contributed by atoms with Crippen molar-refractivity contribution in [2.75, 3.05) is 0 Å². The first-order valence-electron chi connectivity index (χ1n) is 7.03. The third-order valence-electron chi connectivity index (χ3n) is 3.53. The third-order valence-corrected chi connectivity index (χ3v) is 4.26. The monoisotopic (exact) mass is 374 g/mol. The predicted octanol–water partition coefficient (Wildman–Crippen LogP) is 5.65. The predicted molar refractivity (Wildman–Crippen MR) is 97.6 cm³/mol. The van der Waals surface area contributed by atoms with Gasteiger partial charge in [0.05, 0.1) is 26.8 Å². The maximum absolute atomic E-state index is 6.18. The van der Waals surface area contributed by atoms with Crippen LogP contribution in [0, 0.1) is 0 Å². The molecule has 24 heavy (non-hydrogen) atoms. The molecule has 4 aromatic rings. The van der Waals surface area contributed by atoms with Gasteiger partial charge in [-0.25, -0.2) is 4.98 Å². The molecule has 1 N–H and O–H groups in total. The van der Waals surface area contributed by atoms with Gasteiger partial charge in [-0.1, -0.05) is 34.8 Å². The van der Waals surface area contributed by atoms with Crippen molar-refractivity contribution in [2.45, 2.75) is 0 Å². The normalized spacial score (nSPS) is 11.1. The summed E-state index contributed by atoms with van der Waals surface area (Å²) in [4.78, 5) is 16.4. The van der Waals surface area contributed by atoms with Gasteiger partial charge in [0.1, 0.15) is 5.69 Å². The number of hydrogen-bond acceptors (Lipinski definition) is 3. The number of aromatic nitrogens is 4. The smallest absolute Gasteiger partial charge is 0.157 e. The second kappa shape index (κ2) is 6.06. The molecule has 0 saturated carbocycles. The molecule has 0 atom stereocenters. The molecule has 0 bridgehead atoms. The molecular formula is C17H9Cl3N4. The van der Waals surface area contributed by atoms with Crippen LogP contribution < -0.4 is 0 Å². The van der Waals surface area contributed by atoms with E-state index in [1.165, 1.54) is 0 Å². The van der Waals surface area contributed by atoms with Crippen LogP contribution in [0.3, 0.4) is 0 Å². The number of nitrogens with one attached hydrogen (secondary N) is 1. The molecule has 0 spiro atoms. The maximum atomic E-state index is 6.18. The Morgan fingerprint density at radius 3 is 2.46 bits per heavy atom. The molecular weight excluding hydrogens is 367 g/mol. The molecule has 0 radical (unpaired) electrons. The number of halogens is 3. The number of nitrogens with zero attached hydrogens (tertiary/aromatic N) is 3. The summed E-state index contributed by atoms with van der Waals surface area (Å²) in [5.74, 6) is 0.675. The van der Waals surface area contributed by atoms with Crippen LogP contribution >= 0.6 is 34.8 Å². The van der Waals surface area contributed by atoms with Gasteiger partial charge in [0.15, 0.2) is 5.82 Å². The Balaban J connectivity index is 1.72. The first kappa shape index (κ1) is 15.4. The van der Waals surface area contributed by atoms with E-state index in [1.807, 2.05) is 24.3 Å². The number of pyridine rings is 2. The van der Waals surface area contributed by atoms with Crippen molar-refractivity contribution >= 4 is 45.8 Å². The summed E-state index contributed by atoms with van der Waals surface area (Å²) >= 11 is 18.1. The quantitative estimate of drug-likeness (QED) is 0.493. The van der Waals surface area contributed by atoms with Gasteiger partial charge >= 0.3 is 0 Å². The molecule has 4 nitrogen and oxygen atoms in total. The second-order valence-electron chi connectivity index (χ2n) is 5.16. The summed E-state index contributed by atoms with van der Waals surface area (Å²) in [6, 6.07) is 10.9. The van der Waals surface area contributed by atoms with E-state index >= 15 is 0 Å². The number of rotatable bonds is 2. The first-order chi connectivity index (χ1) is 11.6. The lowest BCUT2D eigenvalue weighted by molar-refractivity contribution is 1.23. The van der Waals surface area contributed by atoms with Crippen molar-refractivity contribution in [3.8, 4) is 22.8 Å². The lowest BCUT2D eigenvalue weighted by Crippen LogP contribution is -1.89. The van der Waals surface area contributed by atoms with Crippen LogP contribution in [0.25, 0.3) is 33.8 Å². The molecule has 0 unspecified atom stereocenters. The second-order valence-corrected chi connectivity index (χ2v) is 6.44. The Labute approximate surface area is 152 Å². The topological polar surface area (TPSA) is 54.5 Å². The minimum absolute atomic E-state index is 0.482. The Hall–Kier alpha value is -2.14. The highest BCUT2D eigenvalue weighted by Crippen LogP contribution is 2.28. The summed E-state index contributed by atoms with van der Waals surface area (Å²) in [6.07, 6.45) is 3.26. The SMILES string of the molecule is Clc1cnc(-c2ccc(-c3nc4ccc(Cl)cc4[nH]3)nc2)c(Cl)c1. The van der Waals surface area contributed by atoms with Crippen LogP contribution in [0.15, 0.2) is 48.8 Å². The summed E-state index contributed by atoms with van der Waals surface area (Å²) < 4.78 is 0. The van der Waals surface area contributed by atoms with Gasteiger partial charge in [-0.2, -0.15) is 0 Å². The minimum Gasteiger partial charge on any atom is -0.337 e. The van der Waals surface area contributed by atoms with E-state index in [0.29, 0.717) is 26.6 Å². The van der Waals surface area contributed by atoms with Crippen molar-refractivity contribution in [2.24, 2.45) is 0 Å². The molecule has 0 saturated heterocycles. The average molecular weight is 376 g/mol. The fourth-order valence-electron chi connectivity index (χ4n) is 2.40. The third kappa shape index (κ3) is 2.84. The molecule has 1 aromatic carbocycles. The van der Waals surface area contributed by atoms with Crippen LogP contribution in [-0.4, -0.2) is 19.9 Å². The highest BCUT2D eigenvalue weighted by atomic mass is 35.5. The first-order valence-corrected chi connectivity index (χ1v) is 8.17. The molecule has 0 fully saturated rings. The summed E-state index contributed by atoms with van der Waals surface area (Å²) in [7, 11) is 0. The zero-order valence-corrected chi connectivity index (χ0v) is 14.4. The largest absolute Gasteiger partial charge is 0.337 e. The van der Waals surface area contributed by atoms with Crippen LogP contribution in [0.4, 0.5) is 0 Å². The molecule has 0 aliphatic heterocycles. The van der Waals surface area contributed by atoms with Crippen LogP contribution in [0.5, 0.6) is 0 Å². The van der Waals surface area contributed by atoms with Crippen molar-refractivity contribution in [3.05, 3.63) is 63.9 Å². The van der Waals surface area contributed by atoms with Gasteiger partial charge in [0.2, 0.25) is 0 Å². The highest BCUT2D eigenvalue weighted by Gasteiger charge is 2.10. The summed E-state index contributed by atoms with van der Waals surface area (Å²) in [5, 5.41) is 1.63. The average Bonchev–Trinajstić information content (AvgIpc) is 2.98. The molecule has 0 aliphatic rings. The molecule has 3 aromatic heterocycles. The minimum atomic E-state index is 0.482. The van der Waals surface area contributed by atoms with Crippen molar-refractivity contribution < 1.29 is 0 Å². The standard InChI is InChI=1S/C17H9Cl3N4/c18-10-2-4-13-15(6-10)24-17(23-13)14-3-1-9(7-21-14)16-12(20)5-11(19)8-22-16/h1-8H,(H,23,24). The number of benzene rings is 1. The van der Waals surface area contributed by atoms with Gasteiger partial charge in [0, 0.05) is 23.0 Å². The summed E-state index contributed by atoms with van der Waals surface area (Å²) in [6.45, 7) is 0. The number of imidazole rings is 1. The fourth-order valence-corrected chi connectivity index (χ4v) is 3.07. The molecule has 0 amide bonds. The lowest BCUT2D eigenvalue weighted by Gasteiger charge is -2.04. The van der Waals surface area contributed by atoms with E-state index in [4.69, 9.17) is 34.8 Å². The van der Waals surface area contributed by atoms with Crippen molar-refractivity contribution in [1.82, 2.24) is 19.9 Å². The van der Waals surface area contributed by atoms with Gasteiger partial charge in [-0.15, -0.1) is 0 Å². The maximum Gasteiger partial charge on any atom is 0.157 e. The number of fused-ring (bicyclic) bond motifs is 1. The molecule has 4 rings (SSSR count). The molecule has 118 valence electrons. The van der Waals surface area contributed by atoms with E-state index in [0.717, 1.165) is 22.3 Å². The van der Waals surface area contributed by atoms with Crippen LogP contribution in [0.2, 0.25) is 15.1 Å². The van der Waals surface area contributed by atoms with E-state index in [-0.39, 0.29) is 0 Å². The molecule has 7 heteroatoms. The number of aromatic amines is 1. The fraction of sp³-hybridized carbons (Fsp3) is 0. The molecule has 3 heterocycles. The zero-order valence-electron chi connectivity index (χ0n) is 12.1. The summed E-state index contributed by atoms with van der Waals surface area (Å²) in [5.41, 5.74) is 3.86. The van der Waals surface area contributed by atoms with Crippen molar-refractivity contribution in [1.29, 1.82) is 0 Å². The Bertz CT molecular complexity index is 1040.